The summed E-state index contributed by atoms with van der Waals surface area (Å²) in [5, 5.41) is 2.89. The van der Waals surface area contributed by atoms with Gasteiger partial charge in [-0.1, -0.05) is 19.9 Å². The second-order valence-electron chi connectivity index (χ2n) is 5.29. The number of amides is 1. The third kappa shape index (κ3) is 4.23. The molecular weight excluding hydrogens is 276 g/mol. The molecule has 0 aliphatic rings. The molecule has 0 aromatic heterocycles. The number of carbonyl (C=O) groups is 1. The van der Waals surface area contributed by atoms with Crippen LogP contribution in [0.3, 0.4) is 0 Å². The minimum absolute atomic E-state index is 0.0544. The molecular formula is C14H22N2O3S. The predicted octanol–water partition coefficient (Wildman–Crippen LogP) is 1.86. The molecule has 0 spiro atoms. The third-order valence-electron chi connectivity index (χ3n) is 3.33. The van der Waals surface area contributed by atoms with Crippen molar-refractivity contribution in [3.63, 3.8) is 0 Å². The van der Waals surface area contributed by atoms with E-state index in [4.69, 9.17) is 0 Å². The quantitative estimate of drug-likeness (QED) is 0.902. The molecule has 1 unspecified atom stereocenters. The molecule has 112 valence electrons. The van der Waals surface area contributed by atoms with Crippen molar-refractivity contribution in [2.24, 2.45) is 5.92 Å². The van der Waals surface area contributed by atoms with Gasteiger partial charge < -0.3 is 5.32 Å². The summed E-state index contributed by atoms with van der Waals surface area (Å²) < 4.78 is 24.2. The molecule has 1 rings (SSSR count). The van der Waals surface area contributed by atoms with Gasteiger partial charge in [-0.25, -0.2) is 8.42 Å². The van der Waals surface area contributed by atoms with Crippen molar-refractivity contribution < 1.29 is 13.2 Å². The van der Waals surface area contributed by atoms with Gasteiger partial charge in [0, 0.05) is 18.7 Å². The van der Waals surface area contributed by atoms with Gasteiger partial charge in [-0.15, -0.1) is 0 Å². The van der Waals surface area contributed by atoms with Crippen LogP contribution in [0, 0.1) is 5.92 Å². The van der Waals surface area contributed by atoms with E-state index < -0.39 is 10.0 Å². The maximum absolute atomic E-state index is 12.1. The lowest BCUT2D eigenvalue weighted by molar-refractivity contribution is 0.0930. The van der Waals surface area contributed by atoms with Crippen LogP contribution in [0.25, 0.3) is 0 Å². The number of anilines is 1. The van der Waals surface area contributed by atoms with Gasteiger partial charge in [0.1, 0.15) is 0 Å². The fourth-order valence-corrected chi connectivity index (χ4v) is 1.99. The van der Waals surface area contributed by atoms with Crippen LogP contribution in [0.4, 0.5) is 5.69 Å². The van der Waals surface area contributed by atoms with Crippen LogP contribution >= 0.6 is 0 Å². The number of benzene rings is 1. The van der Waals surface area contributed by atoms with Gasteiger partial charge >= 0.3 is 0 Å². The Labute approximate surface area is 121 Å². The van der Waals surface area contributed by atoms with E-state index >= 15 is 0 Å². The van der Waals surface area contributed by atoms with E-state index in [0.29, 0.717) is 17.2 Å². The Morgan fingerprint density at radius 1 is 1.25 bits per heavy atom. The highest BCUT2D eigenvalue weighted by atomic mass is 32.2. The summed E-state index contributed by atoms with van der Waals surface area (Å²) in [7, 11) is -1.87. The molecule has 0 fully saturated rings. The Bertz CT molecular complexity index is 582. The molecule has 0 aliphatic heterocycles. The molecule has 1 atom stereocenters. The van der Waals surface area contributed by atoms with E-state index in [0.717, 1.165) is 10.6 Å². The normalized spacial score (nSPS) is 13.1. The zero-order valence-corrected chi connectivity index (χ0v) is 13.4. The van der Waals surface area contributed by atoms with E-state index in [1.807, 2.05) is 20.8 Å². The first kappa shape index (κ1) is 16.5. The van der Waals surface area contributed by atoms with Gasteiger partial charge in [-0.3, -0.25) is 9.10 Å². The fraction of sp³-hybridized carbons (Fsp3) is 0.500. The summed E-state index contributed by atoms with van der Waals surface area (Å²) in [6, 6.07) is 6.62. The Morgan fingerprint density at radius 2 is 1.85 bits per heavy atom. The standard InChI is InChI=1S/C14H22N2O3S/c1-10(2)11(3)15-14(17)12-7-6-8-13(9-12)16(4)20(5,18)19/h6-11H,1-5H3,(H,15,17). The first-order chi connectivity index (χ1) is 9.12. The predicted molar refractivity (Wildman–Crippen MR) is 81.5 cm³/mol. The van der Waals surface area contributed by atoms with Crippen molar-refractivity contribution in [3.05, 3.63) is 29.8 Å². The highest BCUT2D eigenvalue weighted by Gasteiger charge is 2.16. The van der Waals surface area contributed by atoms with E-state index in [2.05, 4.69) is 5.32 Å². The average Bonchev–Trinajstić information content (AvgIpc) is 2.36. The Balaban J connectivity index is 2.96. The molecule has 0 radical (unpaired) electrons. The van der Waals surface area contributed by atoms with Gasteiger partial charge in [0.15, 0.2) is 0 Å². The highest BCUT2D eigenvalue weighted by molar-refractivity contribution is 7.92. The summed E-state index contributed by atoms with van der Waals surface area (Å²) in [5.41, 5.74) is 0.919. The van der Waals surface area contributed by atoms with E-state index in [1.165, 1.54) is 7.05 Å². The summed E-state index contributed by atoms with van der Waals surface area (Å²) in [5.74, 6) is 0.135. The summed E-state index contributed by atoms with van der Waals surface area (Å²) in [6.07, 6.45) is 1.13. The first-order valence-corrected chi connectivity index (χ1v) is 8.32. The Morgan fingerprint density at radius 3 is 2.35 bits per heavy atom. The molecule has 0 saturated carbocycles. The number of carbonyl (C=O) groups excluding carboxylic acids is 1. The van der Waals surface area contributed by atoms with Crippen molar-refractivity contribution in [2.75, 3.05) is 17.6 Å². The smallest absolute Gasteiger partial charge is 0.251 e. The lowest BCUT2D eigenvalue weighted by Crippen LogP contribution is -2.36. The molecule has 6 heteroatoms. The number of rotatable bonds is 5. The molecule has 0 bridgehead atoms. The van der Waals surface area contributed by atoms with Crippen molar-refractivity contribution in [1.82, 2.24) is 5.32 Å². The molecule has 0 aliphatic carbocycles. The Hall–Kier alpha value is -1.56. The molecule has 5 nitrogen and oxygen atoms in total. The zero-order chi connectivity index (χ0) is 15.5. The van der Waals surface area contributed by atoms with Crippen molar-refractivity contribution >= 4 is 21.6 Å². The third-order valence-corrected chi connectivity index (χ3v) is 4.53. The molecule has 0 saturated heterocycles. The minimum atomic E-state index is -3.33. The number of hydrogen-bond acceptors (Lipinski definition) is 3. The number of nitrogens with one attached hydrogen (secondary N) is 1. The van der Waals surface area contributed by atoms with Gasteiger partial charge in [0.05, 0.1) is 11.9 Å². The Kier molecular flexibility index (Phi) is 5.16. The van der Waals surface area contributed by atoms with E-state index in [1.54, 1.807) is 24.3 Å². The fourth-order valence-electron chi connectivity index (χ4n) is 1.49. The number of sulfonamides is 1. The number of hydrogen-bond donors (Lipinski definition) is 1. The zero-order valence-electron chi connectivity index (χ0n) is 12.5. The lowest BCUT2D eigenvalue weighted by Gasteiger charge is -2.19. The van der Waals surface area contributed by atoms with Crippen LogP contribution in [0.2, 0.25) is 0 Å². The van der Waals surface area contributed by atoms with Crippen LogP contribution in [-0.4, -0.2) is 33.7 Å². The van der Waals surface area contributed by atoms with Gasteiger partial charge in [-0.2, -0.15) is 0 Å². The molecule has 1 aromatic rings. The van der Waals surface area contributed by atoms with Gasteiger partial charge in [0.2, 0.25) is 10.0 Å². The SMILES string of the molecule is CC(C)C(C)NC(=O)c1cccc(N(C)S(C)(=O)=O)c1. The minimum Gasteiger partial charge on any atom is -0.349 e. The molecule has 1 aromatic carbocycles. The lowest BCUT2D eigenvalue weighted by atomic mass is 10.1. The maximum Gasteiger partial charge on any atom is 0.251 e. The summed E-state index contributed by atoms with van der Waals surface area (Å²) >= 11 is 0. The van der Waals surface area contributed by atoms with Gasteiger partial charge in [-0.05, 0) is 31.0 Å². The van der Waals surface area contributed by atoms with Crippen molar-refractivity contribution in [3.8, 4) is 0 Å². The van der Waals surface area contributed by atoms with Crippen LogP contribution in [0.5, 0.6) is 0 Å². The number of nitrogens with zero attached hydrogens (tertiary/aromatic N) is 1. The van der Waals surface area contributed by atoms with Crippen molar-refractivity contribution in [2.45, 2.75) is 26.8 Å². The van der Waals surface area contributed by atoms with Crippen LogP contribution < -0.4 is 9.62 Å². The molecule has 1 N–H and O–H groups in total. The maximum atomic E-state index is 12.1. The monoisotopic (exact) mass is 298 g/mol. The van der Waals surface area contributed by atoms with Crippen LogP contribution in [0.1, 0.15) is 31.1 Å². The molecule has 1 amide bonds. The highest BCUT2D eigenvalue weighted by Crippen LogP contribution is 2.17. The average molecular weight is 298 g/mol. The summed E-state index contributed by atoms with van der Waals surface area (Å²) in [4.78, 5) is 12.1. The van der Waals surface area contributed by atoms with Crippen molar-refractivity contribution in [1.29, 1.82) is 0 Å². The topological polar surface area (TPSA) is 66.5 Å². The van der Waals surface area contributed by atoms with Crippen LogP contribution in [0.15, 0.2) is 24.3 Å². The first-order valence-electron chi connectivity index (χ1n) is 6.47. The molecule has 20 heavy (non-hydrogen) atoms. The largest absolute Gasteiger partial charge is 0.349 e. The second-order valence-corrected chi connectivity index (χ2v) is 7.30. The second kappa shape index (κ2) is 6.26. The van der Waals surface area contributed by atoms with Crippen LogP contribution in [-0.2, 0) is 10.0 Å². The van der Waals surface area contributed by atoms with E-state index in [-0.39, 0.29) is 11.9 Å². The molecule has 0 heterocycles. The van der Waals surface area contributed by atoms with E-state index in [9.17, 15) is 13.2 Å². The summed E-state index contributed by atoms with van der Waals surface area (Å²) in [6.45, 7) is 5.99. The van der Waals surface area contributed by atoms with Gasteiger partial charge in [0.25, 0.3) is 5.91 Å².